The van der Waals surface area contributed by atoms with Crippen LogP contribution in [-0.2, 0) is 12.3 Å². The smallest absolute Gasteiger partial charge is 0.0482 e. The minimum Gasteiger partial charge on any atom is -0.122 e. The molecule has 0 fully saturated rings. The maximum atomic E-state index is 6.17. The molecule has 2 aromatic rings. The van der Waals surface area contributed by atoms with Gasteiger partial charge in [0, 0.05) is 5.88 Å². The van der Waals surface area contributed by atoms with Gasteiger partial charge in [0.05, 0.1) is 0 Å². The number of rotatable bonds is 5. The molecule has 0 atom stereocenters. The Kier molecular flexibility index (Phi) is 4.83. The van der Waals surface area contributed by atoms with E-state index in [1.807, 2.05) is 6.07 Å². The van der Waals surface area contributed by atoms with Gasteiger partial charge in [-0.3, -0.25) is 0 Å². The lowest BCUT2D eigenvalue weighted by atomic mass is 9.94. The number of hydrogen-bond donors (Lipinski definition) is 0. The molecule has 0 unspecified atom stereocenters. The van der Waals surface area contributed by atoms with Gasteiger partial charge in [-0.15, -0.1) is 11.6 Å². The van der Waals surface area contributed by atoms with Gasteiger partial charge in [0.2, 0.25) is 0 Å². The van der Waals surface area contributed by atoms with Crippen molar-refractivity contribution in [3.05, 3.63) is 59.7 Å². The molecule has 0 spiro atoms. The molecule has 2 rings (SSSR count). The van der Waals surface area contributed by atoms with Crippen LogP contribution < -0.4 is 0 Å². The summed E-state index contributed by atoms with van der Waals surface area (Å²) in [6.45, 7) is 2.22. The van der Waals surface area contributed by atoms with Crippen molar-refractivity contribution in [3.63, 3.8) is 0 Å². The normalized spacial score (nSPS) is 10.6. The van der Waals surface area contributed by atoms with E-state index in [1.165, 1.54) is 35.1 Å². The van der Waals surface area contributed by atoms with Gasteiger partial charge in [-0.05, 0) is 35.1 Å². The first-order valence-corrected chi connectivity index (χ1v) is 7.12. The summed E-state index contributed by atoms with van der Waals surface area (Å²) < 4.78 is 0. The van der Waals surface area contributed by atoms with Gasteiger partial charge in [-0.25, -0.2) is 0 Å². The second-order valence-electron chi connectivity index (χ2n) is 4.55. The molecule has 2 aromatic carbocycles. The van der Waals surface area contributed by atoms with Crippen molar-refractivity contribution >= 4 is 11.6 Å². The molecule has 0 aliphatic carbocycles. The number of aryl methyl sites for hydroxylation is 1. The summed E-state index contributed by atoms with van der Waals surface area (Å²) in [6, 6.07) is 17.0. The first-order valence-electron chi connectivity index (χ1n) is 6.59. The largest absolute Gasteiger partial charge is 0.122 e. The van der Waals surface area contributed by atoms with Crippen LogP contribution in [0, 0.1) is 0 Å². The van der Waals surface area contributed by atoms with E-state index >= 15 is 0 Å². The molecule has 0 nitrogen and oxygen atoms in total. The van der Waals surface area contributed by atoms with Gasteiger partial charge in [0.1, 0.15) is 0 Å². The predicted octanol–water partition coefficient (Wildman–Crippen LogP) is 5.44. The summed E-state index contributed by atoms with van der Waals surface area (Å²) in [5.74, 6) is 0.587. The number of alkyl halides is 1. The van der Waals surface area contributed by atoms with Crippen LogP contribution in [0.2, 0.25) is 0 Å². The quantitative estimate of drug-likeness (QED) is 0.627. The molecule has 94 valence electrons. The Bertz CT molecular complexity index is 488. The SMILES string of the molecule is CCCCc1cccc(-c2ccccc2)c1CCl. The zero-order valence-electron chi connectivity index (χ0n) is 10.8. The van der Waals surface area contributed by atoms with Crippen LogP contribution in [0.3, 0.4) is 0 Å². The molecule has 0 aromatic heterocycles. The highest BCUT2D eigenvalue weighted by Crippen LogP contribution is 2.28. The fourth-order valence-corrected chi connectivity index (χ4v) is 2.60. The van der Waals surface area contributed by atoms with E-state index < -0.39 is 0 Å². The molecule has 0 saturated carbocycles. The number of halogens is 1. The van der Waals surface area contributed by atoms with Crippen molar-refractivity contribution < 1.29 is 0 Å². The fourth-order valence-electron chi connectivity index (χ4n) is 2.28. The van der Waals surface area contributed by atoms with Crippen LogP contribution >= 0.6 is 11.6 Å². The number of hydrogen-bond acceptors (Lipinski definition) is 0. The van der Waals surface area contributed by atoms with Gasteiger partial charge in [0.25, 0.3) is 0 Å². The third-order valence-electron chi connectivity index (χ3n) is 3.29. The van der Waals surface area contributed by atoms with E-state index in [2.05, 4.69) is 49.4 Å². The van der Waals surface area contributed by atoms with Crippen LogP contribution in [-0.4, -0.2) is 0 Å². The molecule has 0 saturated heterocycles. The Labute approximate surface area is 115 Å². The topological polar surface area (TPSA) is 0 Å². The molecule has 0 amide bonds. The summed E-state index contributed by atoms with van der Waals surface area (Å²) in [5, 5.41) is 0. The maximum absolute atomic E-state index is 6.17. The van der Waals surface area contributed by atoms with Crippen molar-refractivity contribution in [1.29, 1.82) is 0 Å². The fraction of sp³-hybridized carbons (Fsp3) is 0.294. The van der Waals surface area contributed by atoms with Crippen LogP contribution in [0.5, 0.6) is 0 Å². The molecule has 0 radical (unpaired) electrons. The molecular weight excluding hydrogens is 240 g/mol. The van der Waals surface area contributed by atoms with Crippen LogP contribution in [0.15, 0.2) is 48.5 Å². The maximum Gasteiger partial charge on any atom is 0.0482 e. The Balaban J connectivity index is 2.41. The highest BCUT2D eigenvalue weighted by molar-refractivity contribution is 6.17. The monoisotopic (exact) mass is 258 g/mol. The molecule has 0 N–H and O–H groups in total. The Hall–Kier alpha value is -1.27. The Morgan fingerprint density at radius 3 is 2.39 bits per heavy atom. The average Bonchev–Trinajstić information content (AvgIpc) is 2.45. The summed E-state index contributed by atoms with van der Waals surface area (Å²) in [7, 11) is 0. The third-order valence-corrected chi connectivity index (χ3v) is 3.56. The van der Waals surface area contributed by atoms with Crippen LogP contribution in [0.25, 0.3) is 11.1 Å². The standard InChI is InChI=1S/C17H19Cl/c1-2-3-8-15-11-7-12-16(17(15)13-18)14-9-5-4-6-10-14/h4-7,9-12H,2-3,8,13H2,1H3. The zero-order chi connectivity index (χ0) is 12.8. The number of benzene rings is 2. The first kappa shape index (κ1) is 13.2. The minimum atomic E-state index is 0.587. The van der Waals surface area contributed by atoms with Gasteiger partial charge >= 0.3 is 0 Å². The molecule has 18 heavy (non-hydrogen) atoms. The van der Waals surface area contributed by atoms with Crippen LogP contribution in [0.4, 0.5) is 0 Å². The van der Waals surface area contributed by atoms with Gasteiger partial charge in [-0.2, -0.15) is 0 Å². The average molecular weight is 259 g/mol. The van der Waals surface area contributed by atoms with Crippen molar-refractivity contribution in [3.8, 4) is 11.1 Å². The predicted molar refractivity (Wildman–Crippen MR) is 80.0 cm³/mol. The van der Waals surface area contributed by atoms with E-state index in [0.29, 0.717) is 5.88 Å². The lowest BCUT2D eigenvalue weighted by Gasteiger charge is -2.13. The Morgan fingerprint density at radius 2 is 1.72 bits per heavy atom. The summed E-state index contributed by atoms with van der Waals surface area (Å²) >= 11 is 6.17. The Morgan fingerprint density at radius 1 is 0.944 bits per heavy atom. The van der Waals surface area contributed by atoms with Crippen molar-refractivity contribution in [2.45, 2.75) is 32.1 Å². The van der Waals surface area contributed by atoms with E-state index in [0.717, 1.165) is 6.42 Å². The molecular formula is C17H19Cl. The minimum absolute atomic E-state index is 0.587. The first-order chi connectivity index (χ1) is 8.86. The second-order valence-corrected chi connectivity index (χ2v) is 4.81. The van der Waals surface area contributed by atoms with E-state index in [9.17, 15) is 0 Å². The zero-order valence-corrected chi connectivity index (χ0v) is 11.6. The van der Waals surface area contributed by atoms with Crippen molar-refractivity contribution in [2.24, 2.45) is 0 Å². The van der Waals surface area contributed by atoms with Gasteiger partial charge in [-0.1, -0.05) is 61.9 Å². The summed E-state index contributed by atoms with van der Waals surface area (Å²) in [5.41, 5.74) is 5.22. The third kappa shape index (κ3) is 2.94. The van der Waals surface area contributed by atoms with E-state index in [4.69, 9.17) is 11.6 Å². The summed E-state index contributed by atoms with van der Waals surface area (Å²) in [6.07, 6.45) is 3.57. The lowest BCUT2D eigenvalue weighted by Crippen LogP contribution is -1.95. The van der Waals surface area contributed by atoms with Crippen molar-refractivity contribution in [2.75, 3.05) is 0 Å². The van der Waals surface area contributed by atoms with E-state index in [-0.39, 0.29) is 0 Å². The molecule has 1 heteroatoms. The summed E-state index contributed by atoms with van der Waals surface area (Å²) in [4.78, 5) is 0. The second kappa shape index (κ2) is 6.61. The molecule has 0 aliphatic rings. The molecule has 0 bridgehead atoms. The van der Waals surface area contributed by atoms with E-state index in [1.54, 1.807) is 0 Å². The molecule has 0 aliphatic heterocycles. The van der Waals surface area contributed by atoms with Gasteiger partial charge < -0.3 is 0 Å². The lowest BCUT2D eigenvalue weighted by molar-refractivity contribution is 0.791. The number of unbranched alkanes of at least 4 members (excludes halogenated alkanes) is 1. The van der Waals surface area contributed by atoms with Gasteiger partial charge in [0.15, 0.2) is 0 Å². The van der Waals surface area contributed by atoms with Crippen molar-refractivity contribution in [1.82, 2.24) is 0 Å². The van der Waals surface area contributed by atoms with Crippen LogP contribution in [0.1, 0.15) is 30.9 Å². The highest BCUT2D eigenvalue weighted by Gasteiger charge is 2.08. The highest BCUT2D eigenvalue weighted by atomic mass is 35.5. The molecule has 0 heterocycles.